The van der Waals surface area contributed by atoms with E-state index in [2.05, 4.69) is 15.3 Å². The first-order valence-electron chi connectivity index (χ1n) is 6.34. The number of nitrogens with zero attached hydrogens (tertiary/aromatic N) is 2. The molecule has 1 N–H and O–H groups in total. The van der Waals surface area contributed by atoms with Crippen molar-refractivity contribution < 1.29 is 14.3 Å². The summed E-state index contributed by atoms with van der Waals surface area (Å²) in [6.07, 6.45) is 2.34. The summed E-state index contributed by atoms with van der Waals surface area (Å²) in [5, 5.41) is 2.91. The molecule has 1 aliphatic heterocycles. The van der Waals surface area contributed by atoms with Crippen LogP contribution in [0.3, 0.4) is 0 Å². The number of hydrogen-bond donors (Lipinski definition) is 1. The van der Waals surface area contributed by atoms with Crippen LogP contribution in [0.5, 0.6) is 0 Å². The lowest BCUT2D eigenvalue weighted by Crippen LogP contribution is -2.14. The highest BCUT2D eigenvalue weighted by molar-refractivity contribution is 6.29. The average Bonchev–Trinajstić information content (AvgIpc) is 3.02. The number of amides is 1. The van der Waals surface area contributed by atoms with Gasteiger partial charge in [0.15, 0.2) is 6.29 Å². The Morgan fingerprint density at radius 1 is 1.29 bits per heavy atom. The van der Waals surface area contributed by atoms with Crippen molar-refractivity contribution in [3.8, 4) is 0 Å². The van der Waals surface area contributed by atoms with Gasteiger partial charge in [0.1, 0.15) is 10.8 Å². The Morgan fingerprint density at radius 2 is 2.10 bits per heavy atom. The third-order valence-corrected chi connectivity index (χ3v) is 3.06. The van der Waals surface area contributed by atoms with Crippen molar-refractivity contribution in [2.24, 2.45) is 0 Å². The minimum absolute atomic E-state index is 0.154. The van der Waals surface area contributed by atoms with Gasteiger partial charge in [-0.2, -0.15) is 0 Å². The fourth-order valence-electron chi connectivity index (χ4n) is 1.96. The van der Waals surface area contributed by atoms with Crippen molar-refractivity contribution in [1.82, 2.24) is 9.97 Å². The number of benzene rings is 1. The van der Waals surface area contributed by atoms with Crippen molar-refractivity contribution in [2.75, 3.05) is 18.5 Å². The zero-order chi connectivity index (χ0) is 14.7. The molecule has 0 bridgehead atoms. The maximum absolute atomic E-state index is 12.1. The minimum atomic E-state index is -0.382. The molecular weight excluding hydrogens is 294 g/mol. The van der Waals surface area contributed by atoms with Gasteiger partial charge in [0.25, 0.3) is 5.91 Å². The van der Waals surface area contributed by atoms with E-state index in [1.807, 2.05) is 12.1 Å². The van der Waals surface area contributed by atoms with E-state index in [-0.39, 0.29) is 23.0 Å². The topological polar surface area (TPSA) is 73.3 Å². The van der Waals surface area contributed by atoms with Crippen molar-refractivity contribution in [3.63, 3.8) is 0 Å². The van der Waals surface area contributed by atoms with Gasteiger partial charge in [-0.3, -0.25) is 9.78 Å². The largest absolute Gasteiger partial charge is 0.346 e. The summed E-state index contributed by atoms with van der Waals surface area (Å²) in [5.74, 6) is -0.379. The fraction of sp³-hybridized carbons (Fsp3) is 0.214. The molecule has 1 aliphatic rings. The van der Waals surface area contributed by atoms with Crippen LogP contribution in [0.25, 0.3) is 0 Å². The van der Waals surface area contributed by atoms with Gasteiger partial charge in [-0.15, -0.1) is 0 Å². The number of halogens is 1. The SMILES string of the molecule is O=C(Nc1cccc(C2OCCO2)c1)c1cncc(Cl)n1. The van der Waals surface area contributed by atoms with Crippen LogP contribution >= 0.6 is 11.6 Å². The van der Waals surface area contributed by atoms with E-state index in [1.54, 1.807) is 12.1 Å². The number of hydrogen-bond acceptors (Lipinski definition) is 5. The maximum atomic E-state index is 12.1. The first kappa shape index (κ1) is 13.9. The third kappa shape index (κ3) is 3.36. The number of anilines is 1. The number of carbonyl (C=O) groups is 1. The predicted molar refractivity (Wildman–Crippen MR) is 76.1 cm³/mol. The van der Waals surface area contributed by atoms with Crippen LogP contribution in [0.15, 0.2) is 36.7 Å². The molecule has 0 saturated carbocycles. The molecule has 1 fully saturated rings. The Labute approximate surface area is 126 Å². The van der Waals surface area contributed by atoms with Crippen LogP contribution in [0.4, 0.5) is 5.69 Å². The second-order valence-electron chi connectivity index (χ2n) is 4.38. The Bertz CT molecular complexity index is 659. The number of aromatic nitrogens is 2. The van der Waals surface area contributed by atoms with Crippen LogP contribution in [-0.4, -0.2) is 29.1 Å². The van der Waals surface area contributed by atoms with Crippen LogP contribution in [0.1, 0.15) is 22.3 Å². The van der Waals surface area contributed by atoms with E-state index in [0.29, 0.717) is 18.9 Å². The number of carbonyl (C=O) groups excluding carboxylic acids is 1. The molecule has 2 aromatic rings. The molecule has 21 heavy (non-hydrogen) atoms. The molecule has 2 heterocycles. The highest BCUT2D eigenvalue weighted by Crippen LogP contribution is 2.25. The minimum Gasteiger partial charge on any atom is -0.346 e. The summed E-state index contributed by atoms with van der Waals surface area (Å²) in [5.41, 5.74) is 1.63. The molecule has 108 valence electrons. The number of nitrogens with one attached hydrogen (secondary N) is 1. The summed E-state index contributed by atoms with van der Waals surface area (Å²) < 4.78 is 10.8. The van der Waals surface area contributed by atoms with Gasteiger partial charge in [0.05, 0.1) is 25.6 Å². The highest BCUT2D eigenvalue weighted by atomic mass is 35.5. The molecule has 0 unspecified atom stereocenters. The lowest BCUT2D eigenvalue weighted by atomic mass is 10.2. The monoisotopic (exact) mass is 305 g/mol. The number of rotatable bonds is 3. The molecule has 3 rings (SSSR count). The second kappa shape index (κ2) is 6.17. The second-order valence-corrected chi connectivity index (χ2v) is 4.77. The lowest BCUT2D eigenvalue weighted by Gasteiger charge is -2.11. The third-order valence-electron chi connectivity index (χ3n) is 2.88. The van der Waals surface area contributed by atoms with E-state index < -0.39 is 0 Å². The standard InChI is InChI=1S/C14H12ClN3O3/c15-12-8-16-7-11(18-12)13(19)17-10-3-1-2-9(6-10)14-20-4-5-21-14/h1-3,6-8,14H,4-5H2,(H,17,19). The normalized spacial score (nSPS) is 15.1. The Balaban J connectivity index is 1.75. The fourth-order valence-corrected chi connectivity index (χ4v) is 2.11. The van der Waals surface area contributed by atoms with Crippen LogP contribution in [0, 0.1) is 0 Å². The Kier molecular flexibility index (Phi) is 4.10. The Hall–Kier alpha value is -2.02. The molecule has 0 atom stereocenters. The van der Waals surface area contributed by atoms with Gasteiger partial charge in [0, 0.05) is 11.3 Å². The van der Waals surface area contributed by atoms with Gasteiger partial charge >= 0.3 is 0 Å². The van der Waals surface area contributed by atoms with Crippen molar-refractivity contribution >= 4 is 23.2 Å². The first-order valence-corrected chi connectivity index (χ1v) is 6.72. The molecule has 0 spiro atoms. The van der Waals surface area contributed by atoms with E-state index in [0.717, 1.165) is 5.56 Å². The summed E-state index contributed by atoms with van der Waals surface area (Å²) in [7, 11) is 0. The summed E-state index contributed by atoms with van der Waals surface area (Å²) in [6.45, 7) is 1.14. The number of ether oxygens (including phenoxy) is 2. The zero-order valence-corrected chi connectivity index (χ0v) is 11.7. The molecule has 1 aromatic carbocycles. The molecule has 1 saturated heterocycles. The van der Waals surface area contributed by atoms with Crippen LogP contribution in [0.2, 0.25) is 5.15 Å². The van der Waals surface area contributed by atoms with Crippen LogP contribution in [-0.2, 0) is 9.47 Å². The molecule has 6 nitrogen and oxygen atoms in total. The lowest BCUT2D eigenvalue weighted by molar-refractivity contribution is -0.0440. The first-order chi connectivity index (χ1) is 10.2. The predicted octanol–water partition coefficient (Wildman–Crippen LogP) is 2.43. The van der Waals surface area contributed by atoms with Crippen LogP contribution < -0.4 is 5.32 Å². The maximum Gasteiger partial charge on any atom is 0.275 e. The van der Waals surface area contributed by atoms with Gasteiger partial charge in [-0.25, -0.2) is 4.98 Å². The molecular formula is C14H12ClN3O3. The molecule has 1 aromatic heterocycles. The molecule has 0 aliphatic carbocycles. The van der Waals surface area contributed by atoms with E-state index in [9.17, 15) is 4.79 Å². The van der Waals surface area contributed by atoms with Gasteiger partial charge in [0.2, 0.25) is 0 Å². The van der Waals surface area contributed by atoms with E-state index in [4.69, 9.17) is 21.1 Å². The average molecular weight is 306 g/mol. The molecule has 1 amide bonds. The van der Waals surface area contributed by atoms with E-state index in [1.165, 1.54) is 12.4 Å². The molecule has 7 heteroatoms. The highest BCUT2D eigenvalue weighted by Gasteiger charge is 2.18. The smallest absolute Gasteiger partial charge is 0.275 e. The van der Waals surface area contributed by atoms with Gasteiger partial charge in [-0.05, 0) is 12.1 Å². The zero-order valence-electron chi connectivity index (χ0n) is 11.0. The van der Waals surface area contributed by atoms with Crippen molar-refractivity contribution in [3.05, 3.63) is 53.1 Å². The summed E-state index contributed by atoms with van der Waals surface area (Å²) >= 11 is 5.72. The Morgan fingerprint density at radius 3 is 2.86 bits per heavy atom. The molecule has 0 radical (unpaired) electrons. The van der Waals surface area contributed by atoms with E-state index >= 15 is 0 Å². The van der Waals surface area contributed by atoms with Gasteiger partial charge in [-0.1, -0.05) is 23.7 Å². The summed E-state index contributed by atoms with van der Waals surface area (Å²) in [6, 6.07) is 7.27. The van der Waals surface area contributed by atoms with Crippen molar-refractivity contribution in [1.29, 1.82) is 0 Å². The van der Waals surface area contributed by atoms with Crippen molar-refractivity contribution in [2.45, 2.75) is 6.29 Å². The summed E-state index contributed by atoms with van der Waals surface area (Å²) in [4.78, 5) is 19.8. The van der Waals surface area contributed by atoms with Gasteiger partial charge < -0.3 is 14.8 Å². The quantitative estimate of drug-likeness (QED) is 0.942.